The summed E-state index contributed by atoms with van der Waals surface area (Å²) in [7, 11) is 0. The van der Waals surface area contributed by atoms with Crippen molar-refractivity contribution in [3.05, 3.63) is 108 Å². The van der Waals surface area contributed by atoms with Crippen LogP contribution in [0.5, 0.6) is 0 Å². The second-order valence-electron chi connectivity index (χ2n) is 5.04. The van der Waals surface area contributed by atoms with E-state index in [9.17, 15) is 6.93 Å². The van der Waals surface area contributed by atoms with Gasteiger partial charge in [-0.05, 0) is 0 Å². The van der Waals surface area contributed by atoms with Gasteiger partial charge in [0.15, 0.2) is 0 Å². The zero-order valence-electron chi connectivity index (χ0n) is 11.9. The standard InChI is InChI=1S/C19H15AsF2/c21-20(22)19(16-10-4-1-5-11-16,17-12-6-2-7-13-17)18-14-8-3-9-15-18/h1-15H. The summed E-state index contributed by atoms with van der Waals surface area (Å²) in [6, 6.07) is 27.4. The number of hydrogen-bond donors (Lipinski definition) is 0. The molecule has 0 unspecified atom stereocenters. The third-order valence-corrected chi connectivity index (χ3v) is 6.52. The van der Waals surface area contributed by atoms with Crippen LogP contribution in [0.25, 0.3) is 0 Å². The van der Waals surface area contributed by atoms with E-state index in [4.69, 9.17) is 0 Å². The first-order valence-corrected chi connectivity index (χ1v) is 9.40. The van der Waals surface area contributed by atoms with E-state index in [2.05, 4.69) is 0 Å². The van der Waals surface area contributed by atoms with Gasteiger partial charge in [0.25, 0.3) is 0 Å². The van der Waals surface area contributed by atoms with Gasteiger partial charge in [0.05, 0.1) is 0 Å². The van der Waals surface area contributed by atoms with Crippen LogP contribution in [0.3, 0.4) is 0 Å². The molecular weight excluding hydrogens is 341 g/mol. The molecule has 0 nitrogen and oxygen atoms in total. The summed E-state index contributed by atoms with van der Waals surface area (Å²) >= 11 is -4.18. The molecule has 0 aliphatic carbocycles. The van der Waals surface area contributed by atoms with E-state index in [1.165, 1.54) is 0 Å². The fourth-order valence-electron chi connectivity index (χ4n) is 2.83. The molecule has 3 aromatic rings. The van der Waals surface area contributed by atoms with E-state index in [-0.39, 0.29) is 0 Å². The Morgan fingerprint density at radius 3 is 1.00 bits per heavy atom. The second kappa shape index (κ2) is 6.46. The molecule has 0 bridgehead atoms. The number of hydrogen-bond acceptors (Lipinski definition) is 0. The molecule has 3 rings (SSSR count). The predicted molar refractivity (Wildman–Crippen MR) is 87.2 cm³/mol. The van der Waals surface area contributed by atoms with Gasteiger partial charge in [0.1, 0.15) is 0 Å². The summed E-state index contributed by atoms with van der Waals surface area (Å²) in [6.07, 6.45) is 0. The quantitative estimate of drug-likeness (QED) is 0.457. The average Bonchev–Trinajstić information content (AvgIpc) is 2.58. The Kier molecular flexibility index (Phi) is 4.40. The van der Waals surface area contributed by atoms with Crippen molar-refractivity contribution in [3.63, 3.8) is 0 Å². The molecule has 0 N–H and O–H groups in total. The van der Waals surface area contributed by atoms with Crippen LogP contribution in [0.4, 0.5) is 6.93 Å². The fourth-order valence-corrected chi connectivity index (χ4v) is 5.00. The normalized spacial score (nSPS) is 11.6. The molecule has 3 aromatic carbocycles. The van der Waals surface area contributed by atoms with E-state index >= 15 is 0 Å². The van der Waals surface area contributed by atoms with Crippen molar-refractivity contribution in [3.8, 4) is 0 Å². The molecule has 0 aliphatic rings. The van der Waals surface area contributed by atoms with Gasteiger partial charge < -0.3 is 0 Å². The second-order valence-corrected chi connectivity index (χ2v) is 7.43. The van der Waals surface area contributed by atoms with Crippen LogP contribution in [0.15, 0.2) is 91.0 Å². The SMILES string of the molecule is F[As](F)C(c1ccccc1)(c1ccccc1)c1ccccc1. The summed E-state index contributed by atoms with van der Waals surface area (Å²) in [6.45, 7) is 0. The van der Waals surface area contributed by atoms with Gasteiger partial charge in [-0.1, -0.05) is 0 Å². The molecule has 0 saturated heterocycles. The zero-order chi connectivity index (χ0) is 15.4. The first-order chi connectivity index (χ1) is 10.8. The summed E-state index contributed by atoms with van der Waals surface area (Å²) in [5.74, 6) is 0. The van der Waals surface area contributed by atoms with Crippen molar-refractivity contribution in [2.24, 2.45) is 0 Å². The Bertz CT molecular complexity index is 616. The van der Waals surface area contributed by atoms with Gasteiger partial charge in [-0.2, -0.15) is 0 Å². The van der Waals surface area contributed by atoms with Gasteiger partial charge in [0.2, 0.25) is 0 Å². The number of benzene rings is 3. The third-order valence-electron chi connectivity index (χ3n) is 3.83. The van der Waals surface area contributed by atoms with E-state index in [0.717, 1.165) is 0 Å². The van der Waals surface area contributed by atoms with Gasteiger partial charge in [-0.3, -0.25) is 0 Å². The Balaban J connectivity index is 2.34. The first kappa shape index (κ1) is 15.0. The van der Waals surface area contributed by atoms with Crippen molar-refractivity contribution in [1.29, 1.82) is 0 Å². The molecular formula is C19H15AsF2. The molecule has 0 saturated carbocycles. The van der Waals surface area contributed by atoms with Crippen molar-refractivity contribution in [2.75, 3.05) is 0 Å². The van der Waals surface area contributed by atoms with Crippen LogP contribution < -0.4 is 0 Å². The van der Waals surface area contributed by atoms with Gasteiger partial charge >= 0.3 is 134 Å². The first-order valence-electron chi connectivity index (χ1n) is 7.04. The van der Waals surface area contributed by atoms with E-state index in [0.29, 0.717) is 16.7 Å². The maximum atomic E-state index is 14.6. The number of halogens is 2. The van der Waals surface area contributed by atoms with Gasteiger partial charge in [0, 0.05) is 0 Å². The minimum atomic E-state index is -4.18. The zero-order valence-corrected chi connectivity index (χ0v) is 13.7. The molecule has 0 aromatic heterocycles. The van der Waals surface area contributed by atoms with E-state index in [1.54, 1.807) is 36.4 Å². The molecule has 0 radical (unpaired) electrons. The molecule has 22 heavy (non-hydrogen) atoms. The maximum absolute atomic E-state index is 14.6. The Morgan fingerprint density at radius 1 is 0.500 bits per heavy atom. The Hall–Kier alpha value is -1.92. The van der Waals surface area contributed by atoms with Crippen molar-refractivity contribution < 1.29 is 6.93 Å². The van der Waals surface area contributed by atoms with Crippen LogP contribution in [0.1, 0.15) is 16.7 Å². The van der Waals surface area contributed by atoms with Crippen molar-refractivity contribution >= 4 is 15.6 Å². The van der Waals surface area contributed by atoms with Crippen molar-refractivity contribution in [1.82, 2.24) is 0 Å². The minimum absolute atomic E-state index is 0.664. The van der Waals surface area contributed by atoms with E-state index in [1.807, 2.05) is 54.6 Å². The predicted octanol–water partition coefficient (Wildman–Crippen LogP) is 4.99. The van der Waals surface area contributed by atoms with Crippen LogP contribution >= 0.6 is 0 Å². The molecule has 0 amide bonds. The van der Waals surface area contributed by atoms with Gasteiger partial charge in [-0.25, -0.2) is 0 Å². The Labute approximate surface area is 134 Å². The summed E-state index contributed by atoms with van der Waals surface area (Å²) in [5.41, 5.74) is 1.99. The molecule has 0 spiro atoms. The molecule has 0 fully saturated rings. The molecule has 110 valence electrons. The third kappa shape index (κ3) is 2.48. The molecule has 0 heterocycles. The summed E-state index contributed by atoms with van der Waals surface area (Å²) < 4.78 is 27.8. The summed E-state index contributed by atoms with van der Waals surface area (Å²) in [4.78, 5) is 0. The van der Waals surface area contributed by atoms with Crippen LogP contribution in [0.2, 0.25) is 0 Å². The molecule has 0 atom stereocenters. The summed E-state index contributed by atoms with van der Waals surface area (Å²) in [5, 5.41) is 0. The van der Waals surface area contributed by atoms with Crippen LogP contribution in [-0.2, 0) is 4.20 Å². The monoisotopic (exact) mass is 356 g/mol. The molecule has 0 aliphatic heterocycles. The average molecular weight is 356 g/mol. The van der Waals surface area contributed by atoms with E-state index < -0.39 is 19.8 Å². The van der Waals surface area contributed by atoms with Crippen LogP contribution in [0, 0.1) is 0 Å². The fraction of sp³-hybridized carbons (Fsp3) is 0.0526. The molecule has 3 heteroatoms. The van der Waals surface area contributed by atoms with Crippen molar-refractivity contribution in [2.45, 2.75) is 4.20 Å². The topological polar surface area (TPSA) is 0 Å². The Morgan fingerprint density at radius 2 is 0.773 bits per heavy atom. The van der Waals surface area contributed by atoms with Gasteiger partial charge in [-0.15, -0.1) is 0 Å². The number of rotatable bonds is 4. The van der Waals surface area contributed by atoms with Crippen LogP contribution in [-0.4, -0.2) is 15.6 Å².